The fraction of sp³-hybridized carbons (Fsp3) is 0.273. The Morgan fingerprint density at radius 2 is 2.07 bits per heavy atom. The van der Waals surface area contributed by atoms with Crippen LogP contribution in [0, 0.1) is 0 Å². The van der Waals surface area contributed by atoms with Gasteiger partial charge >= 0.3 is 0 Å². The number of pyridine rings is 3. The predicted molar refractivity (Wildman–Crippen MR) is 111 cm³/mol. The fourth-order valence-electron chi connectivity index (χ4n) is 3.52. The molecule has 4 heterocycles. The highest BCUT2D eigenvalue weighted by molar-refractivity contribution is 5.80. The van der Waals surface area contributed by atoms with Gasteiger partial charge in [0.1, 0.15) is 0 Å². The van der Waals surface area contributed by atoms with Crippen molar-refractivity contribution < 1.29 is 4.79 Å². The third-order valence-corrected chi connectivity index (χ3v) is 4.96. The second-order valence-electron chi connectivity index (χ2n) is 7.59. The fourth-order valence-corrected chi connectivity index (χ4v) is 3.52. The molecule has 0 saturated carbocycles. The van der Waals surface area contributed by atoms with E-state index >= 15 is 0 Å². The second-order valence-corrected chi connectivity index (χ2v) is 7.59. The molecule has 7 nitrogen and oxygen atoms in total. The summed E-state index contributed by atoms with van der Waals surface area (Å²) in [6.45, 7) is 1.93. The Labute approximate surface area is 170 Å². The van der Waals surface area contributed by atoms with Crippen LogP contribution in [-0.4, -0.2) is 44.8 Å². The van der Waals surface area contributed by atoms with Crippen LogP contribution in [-0.2, 0) is 30.8 Å². The van der Waals surface area contributed by atoms with Gasteiger partial charge in [-0.05, 0) is 55.6 Å². The van der Waals surface area contributed by atoms with Crippen LogP contribution in [0.25, 0.3) is 11.3 Å². The molecule has 7 heteroatoms. The van der Waals surface area contributed by atoms with Gasteiger partial charge < -0.3 is 15.5 Å². The smallest absolute Gasteiger partial charge is 0.229 e. The molecule has 0 atom stereocenters. The van der Waals surface area contributed by atoms with Crippen LogP contribution in [0.4, 0.5) is 5.69 Å². The van der Waals surface area contributed by atoms with E-state index in [0.717, 1.165) is 34.6 Å². The molecule has 0 fully saturated rings. The van der Waals surface area contributed by atoms with Crippen molar-refractivity contribution in [3.8, 4) is 11.3 Å². The summed E-state index contributed by atoms with van der Waals surface area (Å²) in [5, 5.41) is 0. The van der Waals surface area contributed by atoms with Crippen molar-refractivity contribution in [1.82, 2.24) is 24.8 Å². The zero-order valence-corrected chi connectivity index (χ0v) is 16.7. The van der Waals surface area contributed by atoms with Crippen molar-refractivity contribution in [1.29, 1.82) is 0 Å². The molecule has 29 heavy (non-hydrogen) atoms. The van der Waals surface area contributed by atoms with E-state index in [-0.39, 0.29) is 12.3 Å². The van der Waals surface area contributed by atoms with Crippen molar-refractivity contribution in [2.45, 2.75) is 26.1 Å². The van der Waals surface area contributed by atoms with Gasteiger partial charge in [-0.15, -0.1) is 0 Å². The predicted octanol–water partition coefficient (Wildman–Crippen LogP) is 2.27. The van der Waals surface area contributed by atoms with Gasteiger partial charge in [0.05, 0.1) is 35.7 Å². The molecular formula is C22H24N6O. The summed E-state index contributed by atoms with van der Waals surface area (Å²) in [7, 11) is 4.06. The molecule has 0 radical (unpaired) electrons. The highest BCUT2D eigenvalue weighted by Crippen LogP contribution is 2.24. The van der Waals surface area contributed by atoms with Gasteiger partial charge in [-0.25, -0.2) is 0 Å². The van der Waals surface area contributed by atoms with Gasteiger partial charge in [0.15, 0.2) is 0 Å². The monoisotopic (exact) mass is 388 g/mol. The normalized spacial score (nSPS) is 13.0. The van der Waals surface area contributed by atoms with E-state index in [2.05, 4.69) is 25.9 Å². The molecule has 2 N–H and O–H groups in total. The summed E-state index contributed by atoms with van der Waals surface area (Å²) in [5.74, 6) is -0.000281. The number of rotatable bonds is 5. The van der Waals surface area contributed by atoms with Gasteiger partial charge in [-0.3, -0.25) is 19.7 Å². The van der Waals surface area contributed by atoms with Crippen LogP contribution in [0.5, 0.6) is 0 Å². The average Bonchev–Trinajstić information content (AvgIpc) is 3.13. The summed E-state index contributed by atoms with van der Waals surface area (Å²) >= 11 is 0. The molecule has 0 bridgehead atoms. The third-order valence-electron chi connectivity index (χ3n) is 4.96. The van der Waals surface area contributed by atoms with Crippen LogP contribution in [0.2, 0.25) is 0 Å². The molecule has 1 aliphatic heterocycles. The van der Waals surface area contributed by atoms with Crippen molar-refractivity contribution in [3.05, 3.63) is 71.4 Å². The van der Waals surface area contributed by atoms with E-state index < -0.39 is 0 Å². The highest BCUT2D eigenvalue weighted by atomic mass is 16.2. The van der Waals surface area contributed by atoms with Gasteiger partial charge in [0.2, 0.25) is 5.91 Å². The Balaban J connectivity index is 1.48. The minimum absolute atomic E-state index is 0.000281. The zero-order valence-electron chi connectivity index (χ0n) is 16.7. The first-order valence-electron chi connectivity index (χ1n) is 9.54. The maximum atomic E-state index is 12.9. The number of nitrogens with two attached hydrogens (primary N) is 1. The second kappa shape index (κ2) is 7.97. The number of amides is 1. The van der Waals surface area contributed by atoms with Crippen molar-refractivity contribution in [2.75, 3.05) is 19.8 Å². The lowest BCUT2D eigenvalue weighted by molar-refractivity contribution is -0.131. The number of nitrogens with zero attached hydrogens (tertiary/aromatic N) is 5. The molecule has 0 spiro atoms. The number of fused-ring (bicyclic) bond motifs is 1. The molecular weight excluding hydrogens is 364 g/mol. The largest absolute Gasteiger partial charge is 0.397 e. The average molecular weight is 388 g/mol. The quantitative estimate of drug-likeness (QED) is 0.721. The van der Waals surface area contributed by atoms with E-state index in [1.54, 1.807) is 18.5 Å². The Bertz CT molecular complexity index is 1030. The number of hydrogen-bond acceptors (Lipinski definition) is 6. The standard InChI is InChI=1S/C22H24N6O/c1-27(2)12-15-8-17-13-28(14-21(17)25-10-15)22(29)9-20-18(23)5-6-19(26-20)16-4-3-7-24-11-16/h3-8,10-11H,9,12-14,23H2,1-2H3. The Morgan fingerprint density at radius 1 is 1.21 bits per heavy atom. The van der Waals surface area contributed by atoms with Crippen LogP contribution >= 0.6 is 0 Å². The molecule has 1 amide bonds. The highest BCUT2D eigenvalue weighted by Gasteiger charge is 2.25. The van der Waals surface area contributed by atoms with Gasteiger partial charge in [0.25, 0.3) is 0 Å². The molecule has 0 unspecified atom stereocenters. The Hall–Kier alpha value is -3.32. The maximum Gasteiger partial charge on any atom is 0.229 e. The van der Waals surface area contributed by atoms with E-state index in [0.29, 0.717) is 24.5 Å². The molecule has 0 aromatic carbocycles. The van der Waals surface area contributed by atoms with Crippen LogP contribution < -0.4 is 5.73 Å². The zero-order chi connectivity index (χ0) is 20.4. The molecule has 4 rings (SSSR count). The Morgan fingerprint density at radius 3 is 2.83 bits per heavy atom. The Kier molecular flexibility index (Phi) is 5.22. The van der Waals surface area contributed by atoms with Gasteiger partial charge in [-0.2, -0.15) is 0 Å². The lowest BCUT2D eigenvalue weighted by Gasteiger charge is -2.16. The minimum Gasteiger partial charge on any atom is -0.397 e. The van der Waals surface area contributed by atoms with E-state index in [9.17, 15) is 4.79 Å². The first-order chi connectivity index (χ1) is 14.0. The number of nitrogen functional groups attached to an aromatic ring is 1. The first kappa shape index (κ1) is 19.0. The van der Waals surface area contributed by atoms with Crippen molar-refractivity contribution in [3.63, 3.8) is 0 Å². The summed E-state index contributed by atoms with van der Waals surface area (Å²) in [6.07, 6.45) is 5.52. The van der Waals surface area contributed by atoms with Crippen LogP contribution in [0.1, 0.15) is 22.5 Å². The SMILES string of the molecule is CN(C)Cc1cnc2c(c1)CN(C(=O)Cc1nc(-c3cccnc3)ccc1N)C2. The summed E-state index contributed by atoms with van der Waals surface area (Å²) in [6, 6.07) is 9.58. The molecule has 3 aromatic heterocycles. The van der Waals surface area contributed by atoms with Crippen LogP contribution in [0.15, 0.2) is 48.9 Å². The summed E-state index contributed by atoms with van der Waals surface area (Å²) < 4.78 is 0. The van der Waals surface area contributed by atoms with E-state index in [1.165, 1.54) is 0 Å². The molecule has 0 saturated heterocycles. The topological polar surface area (TPSA) is 88.2 Å². The minimum atomic E-state index is -0.000281. The van der Waals surface area contributed by atoms with Gasteiger partial charge in [0, 0.05) is 37.2 Å². The lowest BCUT2D eigenvalue weighted by Crippen LogP contribution is -2.27. The molecule has 148 valence electrons. The first-order valence-corrected chi connectivity index (χ1v) is 9.54. The number of aromatic nitrogens is 3. The lowest BCUT2D eigenvalue weighted by atomic mass is 10.1. The van der Waals surface area contributed by atoms with Gasteiger partial charge in [-0.1, -0.05) is 0 Å². The summed E-state index contributed by atoms with van der Waals surface area (Å²) in [4.78, 5) is 30.1. The van der Waals surface area contributed by atoms with Crippen molar-refractivity contribution >= 4 is 11.6 Å². The van der Waals surface area contributed by atoms with Crippen LogP contribution in [0.3, 0.4) is 0 Å². The number of hydrogen-bond donors (Lipinski definition) is 1. The molecule has 1 aliphatic rings. The number of carbonyl (C=O) groups excluding carboxylic acids is 1. The maximum absolute atomic E-state index is 12.9. The molecule has 3 aromatic rings. The van der Waals surface area contributed by atoms with Crippen molar-refractivity contribution in [2.24, 2.45) is 0 Å². The van der Waals surface area contributed by atoms with E-state index in [1.807, 2.05) is 43.4 Å². The number of carbonyl (C=O) groups is 1. The number of anilines is 1. The molecule has 0 aliphatic carbocycles. The summed E-state index contributed by atoms with van der Waals surface area (Å²) in [5.41, 5.74) is 12.1. The third kappa shape index (κ3) is 4.25. The van der Waals surface area contributed by atoms with E-state index in [4.69, 9.17) is 5.73 Å².